The van der Waals surface area contributed by atoms with Crippen LogP contribution in [-0.2, 0) is 0 Å². The molecule has 0 aromatic heterocycles. The van der Waals surface area contributed by atoms with Crippen LogP contribution in [0, 0.1) is 19.7 Å². The number of rotatable bonds is 3. The second-order valence-corrected chi connectivity index (χ2v) is 5.20. The fourth-order valence-corrected chi connectivity index (χ4v) is 2.11. The van der Waals surface area contributed by atoms with Crippen molar-refractivity contribution in [2.75, 3.05) is 0 Å². The van der Waals surface area contributed by atoms with Gasteiger partial charge in [0.1, 0.15) is 5.82 Å². The largest absolute Gasteiger partial charge is 0.389 e. The van der Waals surface area contributed by atoms with Gasteiger partial charge in [0.25, 0.3) is 0 Å². The summed E-state index contributed by atoms with van der Waals surface area (Å²) in [6, 6.07) is 3.16. The molecule has 0 aliphatic heterocycles. The maximum Gasteiger partial charge on any atom is 0.389 e. The van der Waals surface area contributed by atoms with Gasteiger partial charge in [0.05, 0.1) is 0 Å². The molecule has 96 valence electrons. The van der Waals surface area contributed by atoms with Gasteiger partial charge in [-0.05, 0) is 37.0 Å². The fourth-order valence-electron chi connectivity index (χ4n) is 1.62. The molecule has 0 amide bonds. The van der Waals surface area contributed by atoms with Crippen LogP contribution >= 0.6 is 15.9 Å². The van der Waals surface area contributed by atoms with E-state index in [9.17, 15) is 17.6 Å². The first kappa shape index (κ1) is 14.5. The van der Waals surface area contributed by atoms with Crippen molar-refractivity contribution in [1.82, 2.24) is 0 Å². The summed E-state index contributed by atoms with van der Waals surface area (Å²) in [5.41, 5.74) is 1.60. The SMILES string of the molecule is Cc1cc(C(Br)CCC(F)(F)F)cc(C)c1F. The van der Waals surface area contributed by atoms with E-state index in [1.54, 1.807) is 26.0 Å². The highest BCUT2D eigenvalue weighted by molar-refractivity contribution is 9.09. The maximum absolute atomic E-state index is 13.4. The standard InChI is InChI=1S/C12H13BrF4/c1-7-5-9(6-8(2)11(7)14)10(13)3-4-12(15,16)17/h5-6,10H,3-4H2,1-2H3. The molecule has 0 bridgehead atoms. The molecule has 1 aromatic carbocycles. The highest BCUT2D eigenvalue weighted by Gasteiger charge is 2.28. The van der Waals surface area contributed by atoms with Crippen LogP contribution in [0.3, 0.4) is 0 Å². The predicted octanol–water partition coefficient (Wildman–Crippen LogP) is 5.22. The van der Waals surface area contributed by atoms with Gasteiger partial charge < -0.3 is 0 Å². The molecule has 17 heavy (non-hydrogen) atoms. The lowest BCUT2D eigenvalue weighted by Crippen LogP contribution is -2.08. The van der Waals surface area contributed by atoms with Gasteiger partial charge in [-0.3, -0.25) is 0 Å². The van der Waals surface area contributed by atoms with Crippen LogP contribution in [-0.4, -0.2) is 6.18 Å². The molecule has 0 fully saturated rings. The molecule has 1 rings (SSSR count). The lowest BCUT2D eigenvalue weighted by molar-refractivity contribution is -0.135. The molecule has 0 spiro atoms. The summed E-state index contributed by atoms with van der Waals surface area (Å²) in [4.78, 5) is -0.401. The van der Waals surface area contributed by atoms with Gasteiger partial charge in [0.15, 0.2) is 0 Å². The summed E-state index contributed by atoms with van der Waals surface area (Å²) in [5, 5.41) is 0. The average molecular weight is 313 g/mol. The molecule has 5 heteroatoms. The maximum atomic E-state index is 13.4. The molecule has 1 aromatic rings. The lowest BCUT2D eigenvalue weighted by Gasteiger charge is -2.14. The smallest absolute Gasteiger partial charge is 0.206 e. The zero-order valence-electron chi connectivity index (χ0n) is 9.54. The van der Waals surface area contributed by atoms with Crippen LogP contribution in [0.1, 0.15) is 34.4 Å². The van der Waals surface area contributed by atoms with Gasteiger partial charge in [0.2, 0.25) is 0 Å². The van der Waals surface area contributed by atoms with Crippen LogP contribution in [0.15, 0.2) is 12.1 Å². The number of benzene rings is 1. The molecule has 0 heterocycles. The molecule has 0 saturated carbocycles. The highest BCUT2D eigenvalue weighted by Crippen LogP contribution is 2.34. The van der Waals surface area contributed by atoms with Gasteiger partial charge in [0, 0.05) is 11.2 Å². The number of hydrogen-bond donors (Lipinski definition) is 0. The lowest BCUT2D eigenvalue weighted by atomic mass is 10.0. The predicted molar refractivity (Wildman–Crippen MR) is 62.8 cm³/mol. The first-order chi connectivity index (χ1) is 7.70. The first-order valence-electron chi connectivity index (χ1n) is 5.18. The Morgan fingerprint density at radius 1 is 1.18 bits per heavy atom. The summed E-state index contributed by atoms with van der Waals surface area (Å²) in [5.74, 6) is -0.302. The average Bonchev–Trinajstić information content (AvgIpc) is 2.20. The number of alkyl halides is 4. The minimum atomic E-state index is -4.16. The minimum Gasteiger partial charge on any atom is -0.206 e. The summed E-state index contributed by atoms with van der Waals surface area (Å²) in [7, 11) is 0. The number of hydrogen-bond acceptors (Lipinski definition) is 0. The zero-order valence-corrected chi connectivity index (χ0v) is 11.1. The van der Waals surface area contributed by atoms with Crippen molar-refractivity contribution in [2.45, 2.75) is 37.7 Å². The minimum absolute atomic E-state index is 0.0476. The molecule has 1 atom stereocenters. The Morgan fingerprint density at radius 3 is 2.06 bits per heavy atom. The summed E-state index contributed by atoms with van der Waals surface area (Å²) >= 11 is 3.21. The van der Waals surface area contributed by atoms with Crippen molar-refractivity contribution in [2.24, 2.45) is 0 Å². The van der Waals surface area contributed by atoms with Gasteiger partial charge in [-0.25, -0.2) is 4.39 Å². The van der Waals surface area contributed by atoms with E-state index in [0.717, 1.165) is 0 Å². The zero-order chi connectivity index (χ0) is 13.2. The van der Waals surface area contributed by atoms with Gasteiger partial charge in [-0.2, -0.15) is 13.2 Å². The number of aryl methyl sites for hydroxylation is 2. The summed E-state index contributed by atoms with van der Waals surface area (Å²) < 4.78 is 49.6. The van der Waals surface area contributed by atoms with Crippen molar-refractivity contribution >= 4 is 15.9 Å². The van der Waals surface area contributed by atoms with E-state index in [0.29, 0.717) is 16.7 Å². The highest BCUT2D eigenvalue weighted by atomic mass is 79.9. The Bertz CT molecular complexity index is 375. The van der Waals surface area contributed by atoms with E-state index in [4.69, 9.17) is 0 Å². The van der Waals surface area contributed by atoms with Gasteiger partial charge in [-0.1, -0.05) is 28.1 Å². The van der Waals surface area contributed by atoms with E-state index < -0.39 is 17.4 Å². The van der Waals surface area contributed by atoms with Crippen molar-refractivity contribution in [3.63, 3.8) is 0 Å². The molecule has 0 saturated heterocycles. The van der Waals surface area contributed by atoms with E-state index in [1.165, 1.54) is 0 Å². The Kier molecular flexibility index (Phi) is 4.58. The van der Waals surface area contributed by atoms with Crippen molar-refractivity contribution in [3.8, 4) is 0 Å². The summed E-state index contributed by atoms with van der Waals surface area (Å²) in [6.45, 7) is 3.21. The van der Waals surface area contributed by atoms with E-state index >= 15 is 0 Å². The first-order valence-corrected chi connectivity index (χ1v) is 6.09. The molecule has 1 unspecified atom stereocenters. The third-order valence-corrected chi connectivity index (χ3v) is 3.49. The van der Waals surface area contributed by atoms with Crippen LogP contribution in [0.25, 0.3) is 0 Å². The fraction of sp³-hybridized carbons (Fsp3) is 0.500. The van der Waals surface area contributed by atoms with Crippen LogP contribution in [0.4, 0.5) is 17.6 Å². The molecule has 0 aliphatic rings. The normalized spacial score (nSPS) is 13.8. The molecular formula is C12H13BrF4. The third-order valence-electron chi connectivity index (χ3n) is 2.50. The quantitative estimate of drug-likeness (QED) is 0.530. The van der Waals surface area contributed by atoms with Gasteiger partial charge in [-0.15, -0.1) is 0 Å². The molecular weight excluding hydrogens is 300 g/mol. The molecule has 0 radical (unpaired) electrons. The Balaban J connectivity index is 2.79. The second-order valence-electron chi connectivity index (χ2n) is 4.09. The van der Waals surface area contributed by atoms with E-state index in [-0.39, 0.29) is 12.2 Å². The van der Waals surface area contributed by atoms with Crippen LogP contribution in [0.5, 0.6) is 0 Å². The Hall–Kier alpha value is -0.580. The van der Waals surface area contributed by atoms with Crippen molar-refractivity contribution < 1.29 is 17.6 Å². The Labute approximate surface area is 106 Å². The second kappa shape index (κ2) is 5.38. The third kappa shape index (κ3) is 4.30. The van der Waals surface area contributed by atoms with Crippen LogP contribution < -0.4 is 0 Å². The topological polar surface area (TPSA) is 0 Å². The van der Waals surface area contributed by atoms with Gasteiger partial charge >= 0.3 is 6.18 Å². The summed E-state index contributed by atoms with van der Waals surface area (Å²) in [6.07, 6.45) is -5.05. The van der Waals surface area contributed by atoms with E-state index in [1.807, 2.05) is 0 Å². The number of halogens is 5. The van der Waals surface area contributed by atoms with Crippen LogP contribution in [0.2, 0.25) is 0 Å². The van der Waals surface area contributed by atoms with Crippen molar-refractivity contribution in [1.29, 1.82) is 0 Å². The molecule has 0 aliphatic carbocycles. The monoisotopic (exact) mass is 312 g/mol. The Morgan fingerprint density at radius 2 is 1.65 bits per heavy atom. The molecule has 0 nitrogen and oxygen atoms in total. The molecule has 0 N–H and O–H groups in total. The van der Waals surface area contributed by atoms with Crippen molar-refractivity contribution in [3.05, 3.63) is 34.6 Å². The van der Waals surface area contributed by atoms with E-state index in [2.05, 4.69) is 15.9 Å².